The van der Waals surface area contributed by atoms with Crippen molar-refractivity contribution in [1.82, 2.24) is 4.90 Å². The highest BCUT2D eigenvalue weighted by Crippen LogP contribution is 2.19. The zero-order chi connectivity index (χ0) is 14.5. The van der Waals surface area contributed by atoms with Crippen LogP contribution in [0.25, 0.3) is 0 Å². The van der Waals surface area contributed by atoms with Crippen LogP contribution in [-0.4, -0.2) is 56.7 Å². The fourth-order valence-corrected chi connectivity index (χ4v) is 2.49. The number of hydrogen-bond donors (Lipinski definition) is 0. The van der Waals surface area contributed by atoms with E-state index in [-0.39, 0.29) is 5.82 Å². The molecule has 1 saturated heterocycles. The van der Waals surface area contributed by atoms with Crippen LogP contribution in [0.5, 0.6) is 0 Å². The molecule has 1 fully saturated rings. The van der Waals surface area contributed by atoms with Crippen LogP contribution in [0.3, 0.4) is 0 Å². The van der Waals surface area contributed by atoms with Crippen molar-refractivity contribution in [2.75, 3.05) is 38.1 Å². The minimum Gasteiger partial charge on any atom is -0.369 e. The molecule has 1 aliphatic heterocycles. The molecule has 0 amide bonds. The van der Waals surface area contributed by atoms with Gasteiger partial charge < -0.3 is 4.90 Å². The van der Waals surface area contributed by atoms with E-state index >= 15 is 0 Å². The van der Waals surface area contributed by atoms with Gasteiger partial charge in [-0.05, 0) is 37.9 Å². The number of halogens is 1. The Morgan fingerprint density at radius 3 is 2.60 bits per heavy atom. The number of rotatable bonds is 3. The quantitative estimate of drug-likeness (QED) is 0.625. The standard InChI is InChI=1S/C15H21FN4/c1-12-10-20(14-6-4-13(16)5-7-14)9-8-19(12)11-15(17-2)18-3/h4-7,12H,2,8-11H2,1,3H3. The SMILES string of the molecule is C=NC(CN1CCN(c2ccc(F)cc2)CC1C)=NC. The molecule has 1 aliphatic rings. The van der Waals surface area contributed by atoms with Crippen molar-refractivity contribution >= 4 is 18.2 Å². The van der Waals surface area contributed by atoms with Crippen LogP contribution in [0.15, 0.2) is 34.3 Å². The third-order valence-electron chi connectivity index (χ3n) is 3.74. The zero-order valence-corrected chi connectivity index (χ0v) is 12.1. The lowest BCUT2D eigenvalue weighted by Gasteiger charge is -2.40. The van der Waals surface area contributed by atoms with Crippen LogP contribution in [0, 0.1) is 5.82 Å². The van der Waals surface area contributed by atoms with E-state index in [0.717, 1.165) is 37.7 Å². The van der Waals surface area contributed by atoms with Gasteiger partial charge in [-0.3, -0.25) is 9.89 Å². The molecule has 2 rings (SSSR count). The van der Waals surface area contributed by atoms with E-state index in [9.17, 15) is 4.39 Å². The summed E-state index contributed by atoms with van der Waals surface area (Å²) in [7, 11) is 1.74. The monoisotopic (exact) mass is 276 g/mol. The van der Waals surface area contributed by atoms with Crippen molar-refractivity contribution in [2.45, 2.75) is 13.0 Å². The number of anilines is 1. The minimum absolute atomic E-state index is 0.193. The Kier molecular flexibility index (Phi) is 4.84. The van der Waals surface area contributed by atoms with Crippen LogP contribution in [0.4, 0.5) is 10.1 Å². The maximum atomic E-state index is 13.0. The van der Waals surface area contributed by atoms with Crippen molar-refractivity contribution in [3.63, 3.8) is 0 Å². The molecule has 108 valence electrons. The van der Waals surface area contributed by atoms with Gasteiger partial charge in [-0.25, -0.2) is 9.38 Å². The van der Waals surface area contributed by atoms with Gasteiger partial charge in [0.2, 0.25) is 0 Å². The van der Waals surface area contributed by atoms with Crippen LogP contribution in [-0.2, 0) is 0 Å². The van der Waals surface area contributed by atoms with Crippen LogP contribution in [0.1, 0.15) is 6.92 Å². The summed E-state index contributed by atoms with van der Waals surface area (Å²) in [6.07, 6.45) is 0. The number of nitrogens with zero attached hydrogens (tertiary/aromatic N) is 4. The van der Waals surface area contributed by atoms with E-state index in [1.54, 1.807) is 7.05 Å². The second-order valence-electron chi connectivity index (χ2n) is 5.04. The summed E-state index contributed by atoms with van der Waals surface area (Å²) < 4.78 is 13.0. The second-order valence-corrected chi connectivity index (χ2v) is 5.04. The van der Waals surface area contributed by atoms with Crippen molar-refractivity contribution in [3.05, 3.63) is 30.1 Å². The summed E-state index contributed by atoms with van der Waals surface area (Å²) in [5.74, 6) is 0.577. The van der Waals surface area contributed by atoms with E-state index in [4.69, 9.17) is 0 Å². The molecule has 0 N–H and O–H groups in total. The van der Waals surface area contributed by atoms with Crippen molar-refractivity contribution in [3.8, 4) is 0 Å². The Bertz CT molecular complexity index is 483. The maximum Gasteiger partial charge on any atom is 0.136 e. The first-order valence-electron chi connectivity index (χ1n) is 6.81. The molecule has 20 heavy (non-hydrogen) atoms. The summed E-state index contributed by atoms with van der Waals surface area (Å²) in [5.41, 5.74) is 1.07. The Morgan fingerprint density at radius 2 is 2.05 bits per heavy atom. The van der Waals surface area contributed by atoms with Gasteiger partial charge >= 0.3 is 0 Å². The highest BCUT2D eigenvalue weighted by molar-refractivity contribution is 5.87. The molecule has 0 aliphatic carbocycles. The number of amidine groups is 1. The van der Waals surface area contributed by atoms with E-state index < -0.39 is 0 Å². The molecule has 1 atom stereocenters. The first-order valence-corrected chi connectivity index (χ1v) is 6.81. The van der Waals surface area contributed by atoms with Crippen LogP contribution >= 0.6 is 0 Å². The van der Waals surface area contributed by atoms with Gasteiger partial charge in [0.05, 0.1) is 6.54 Å². The summed E-state index contributed by atoms with van der Waals surface area (Å²) in [5, 5.41) is 0. The molecule has 0 radical (unpaired) electrons. The van der Waals surface area contributed by atoms with Gasteiger partial charge in [-0.1, -0.05) is 0 Å². The van der Waals surface area contributed by atoms with E-state index in [0.29, 0.717) is 6.04 Å². The molecule has 5 heteroatoms. The molecule has 0 spiro atoms. The molecular weight excluding hydrogens is 255 g/mol. The fraction of sp³-hybridized carbons (Fsp3) is 0.467. The average Bonchev–Trinajstić information content (AvgIpc) is 2.47. The van der Waals surface area contributed by atoms with Gasteiger partial charge in [0, 0.05) is 38.4 Å². The molecule has 0 saturated carbocycles. The van der Waals surface area contributed by atoms with Gasteiger partial charge in [-0.15, -0.1) is 0 Å². The Balaban J connectivity index is 1.98. The minimum atomic E-state index is -0.193. The zero-order valence-electron chi connectivity index (χ0n) is 12.1. The molecule has 1 aromatic carbocycles. The number of benzene rings is 1. The van der Waals surface area contributed by atoms with E-state index in [1.165, 1.54) is 12.1 Å². The van der Waals surface area contributed by atoms with Crippen molar-refractivity contribution < 1.29 is 4.39 Å². The second kappa shape index (κ2) is 6.61. The van der Waals surface area contributed by atoms with Crippen LogP contribution < -0.4 is 4.90 Å². The lowest BCUT2D eigenvalue weighted by atomic mass is 10.1. The van der Waals surface area contributed by atoms with Gasteiger partial charge in [0.15, 0.2) is 0 Å². The highest BCUT2D eigenvalue weighted by Gasteiger charge is 2.24. The average molecular weight is 276 g/mol. The molecule has 1 heterocycles. The maximum absolute atomic E-state index is 13.0. The highest BCUT2D eigenvalue weighted by atomic mass is 19.1. The summed E-state index contributed by atoms with van der Waals surface area (Å²) in [4.78, 5) is 12.7. The first-order chi connectivity index (χ1) is 9.63. The fourth-order valence-electron chi connectivity index (χ4n) is 2.49. The predicted octanol–water partition coefficient (Wildman–Crippen LogP) is 2.07. The van der Waals surface area contributed by atoms with E-state index in [1.807, 2.05) is 12.1 Å². The van der Waals surface area contributed by atoms with Crippen molar-refractivity contribution in [1.29, 1.82) is 0 Å². The molecule has 1 aromatic rings. The van der Waals surface area contributed by atoms with Gasteiger partial charge in [0.1, 0.15) is 11.7 Å². The number of hydrogen-bond acceptors (Lipinski definition) is 3. The summed E-state index contributed by atoms with van der Waals surface area (Å²) >= 11 is 0. The third kappa shape index (κ3) is 3.42. The molecule has 0 aromatic heterocycles. The smallest absolute Gasteiger partial charge is 0.136 e. The Morgan fingerprint density at radius 1 is 1.35 bits per heavy atom. The lowest BCUT2D eigenvalue weighted by molar-refractivity contribution is 0.216. The largest absolute Gasteiger partial charge is 0.369 e. The third-order valence-corrected chi connectivity index (χ3v) is 3.74. The number of piperazine rings is 1. The molecular formula is C15H21FN4. The van der Waals surface area contributed by atoms with E-state index in [2.05, 4.69) is 33.4 Å². The topological polar surface area (TPSA) is 31.2 Å². The molecule has 1 unspecified atom stereocenters. The molecule has 0 bridgehead atoms. The Hall–Kier alpha value is -1.75. The number of aliphatic imine (C=N–C) groups is 2. The normalized spacial score (nSPS) is 21.1. The predicted molar refractivity (Wildman–Crippen MR) is 82.6 cm³/mol. The lowest BCUT2D eigenvalue weighted by Crippen LogP contribution is -2.53. The van der Waals surface area contributed by atoms with Gasteiger partial charge in [0.25, 0.3) is 0 Å². The van der Waals surface area contributed by atoms with Crippen molar-refractivity contribution in [2.24, 2.45) is 9.98 Å². The molecule has 4 nitrogen and oxygen atoms in total. The summed E-state index contributed by atoms with van der Waals surface area (Å²) in [6.45, 7) is 9.24. The Labute approximate surface area is 119 Å². The first kappa shape index (κ1) is 14.7. The van der Waals surface area contributed by atoms with Gasteiger partial charge in [-0.2, -0.15) is 0 Å². The van der Waals surface area contributed by atoms with Crippen LogP contribution in [0.2, 0.25) is 0 Å². The summed E-state index contributed by atoms with van der Waals surface area (Å²) in [6, 6.07) is 7.09.